The molecule has 0 aliphatic rings. The van der Waals surface area contributed by atoms with Crippen LogP contribution in [-0.4, -0.2) is 22.4 Å². The molecule has 16 heavy (non-hydrogen) atoms. The lowest BCUT2D eigenvalue weighted by Gasteiger charge is -1.97. The summed E-state index contributed by atoms with van der Waals surface area (Å²) in [6, 6.07) is 7.47. The number of para-hydroxylation sites is 1. The first-order valence-electron chi connectivity index (χ1n) is 5.05. The van der Waals surface area contributed by atoms with Gasteiger partial charge < -0.3 is 4.74 Å². The van der Waals surface area contributed by atoms with E-state index in [1.165, 1.54) is 0 Å². The number of carbonyl (C=O) groups excluding carboxylic acids is 1. The van der Waals surface area contributed by atoms with Gasteiger partial charge in [0.15, 0.2) is 5.69 Å². The standard InChI is InChI=1S/C12H12N2O2/c1-3-14-10-8-6-5-7-9(10)11(13-14)12(15)16-4-2/h3,5-8H,1,4H2,2H3. The Labute approximate surface area is 93.1 Å². The monoisotopic (exact) mass is 216 g/mol. The maximum atomic E-state index is 11.7. The van der Waals surface area contributed by atoms with E-state index in [9.17, 15) is 4.79 Å². The molecule has 4 nitrogen and oxygen atoms in total. The second kappa shape index (κ2) is 4.18. The minimum absolute atomic E-state index is 0.331. The van der Waals surface area contributed by atoms with Crippen LogP contribution in [0.15, 0.2) is 30.8 Å². The molecular formula is C12H12N2O2. The van der Waals surface area contributed by atoms with Crippen molar-refractivity contribution in [3.63, 3.8) is 0 Å². The summed E-state index contributed by atoms with van der Waals surface area (Å²) in [5, 5.41) is 4.93. The zero-order chi connectivity index (χ0) is 11.5. The van der Waals surface area contributed by atoms with E-state index >= 15 is 0 Å². The lowest BCUT2D eigenvalue weighted by molar-refractivity contribution is 0.0521. The molecule has 0 spiro atoms. The van der Waals surface area contributed by atoms with E-state index in [0.29, 0.717) is 12.3 Å². The second-order valence-electron chi connectivity index (χ2n) is 3.21. The number of carbonyl (C=O) groups is 1. The fraction of sp³-hybridized carbons (Fsp3) is 0.167. The van der Waals surface area contributed by atoms with Crippen molar-refractivity contribution in [1.29, 1.82) is 0 Å². The smallest absolute Gasteiger partial charge is 0.359 e. The normalized spacial score (nSPS) is 10.3. The van der Waals surface area contributed by atoms with Gasteiger partial charge in [0.25, 0.3) is 0 Å². The third-order valence-corrected chi connectivity index (χ3v) is 2.26. The predicted octanol–water partition coefficient (Wildman–Crippen LogP) is 2.31. The fourth-order valence-corrected chi connectivity index (χ4v) is 1.58. The highest BCUT2D eigenvalue weighted by atomic mass is 16.5. The van der Waals surface area contributed by atoms with E-state index in [4.69, 9.17) is 4.74 Å². The third-order valence-electron chi connectivity index (χ3n) is 2.26. The number of aromatic nitrogens is 2. The van der Waals surface area contributed by atoms with Crippen molar-refractivity contribution in [3.8, 4) is 0 Å². The molecule has 0 fully saturated rings. The van der Waals surface area contributed by atoms with E-state index < -0.39 is 5.97 Å². The molecule has 2 rings (SSSR count). The molecule has 0 aliphatic carbocycles. The Morgan fingerprint density at radius 2 is 2.31 bits per heavy atom. The summed E-state index contributed by atoms with van der Waals surface area (Å²) in [7, 11) is 0. The molecule has 0 unspecified atom stereocenters. The van der Waals surface area contributed by atoms with Crippen molar-refractivity contribution in [2.45, 2.75) is 6.92 Å². The van der Waals surface area contributed by atoms with Crippen LogP contribution < -0.4 is 0 Å². The fourth-order valence-electron chi connectivity index (χ4n) is 1.58. The number of esters is 1. The average Bonchev–Trinajstić information content (AvgIpc) is 2.68. The second-order valence-corrected chi connectivity index (χ2v) is 3.21. The van der Waals surface area contributed by atoms with Gasteiger partial charge in [0.1, 0.15) is 0 Å². The van der Waals surface area contributed by atoms with Crippen LogP contribution in [0.3, 0.4) is 0 Å². The molecule has 4 heteroatoms. The molecular weight excluding hydrogens is 204 g/mol. The molecule has 0 radical (unpaired) electrons. The Bertz CT molecular complexity index is 543. The van der Waals surface area contributed by atoms with E-state index in [1.54, 1.807) is 17.8 Å². The van der Waals surface area contributed by atoms with Gasteiger partial charge in [0, 0.05) is 11.6 Å². The lowest BCUT2D eigenvalue weighted by Crippen LogP contribution is -2.06. The summed E-state index contributed by atoms with van der Waals surface area (Å²) in [5.41, 5.74) is 1.18. The molecule has 82 valence electrons. The maximum Gasteiger partial charge on any atom is 0.359 e. The highest BCUT2D eigenvalue weighted by molar-refractivity contribution is 6.02. The van der Waals surface area contributed by atoms with Gasteiger partial charge in [-0.05, 0) is 13.0 Å². The van der Waals surface area contributed by atoms with Gasteiger partial charge in [-0.25, -0.2) is 9.48 Å². The van der Waals surface area contributed by atoms with E-state index in [1.807, 2.05) is 24.3 Å². The molecule has 0 amide bonds. The SMILES string of the molecule is C=Cn1nc(C(=O)OCC)c2ccccc21. The third kappa shape index (κ3) is 1.58. The molecule has 1 heterocycles. The number of hydrogen-bond donors (Lipinski definition) is 0. The number of hydrogen-bond acceptors (Lipinski definition) is 3. The van der Waals surface area contributed by atoms with Crippen molar-refractivity contribution >= 4 is 23.1 Å². The maximum absolute atomic E-state index is 11.7. The summed E-state index contributed by atoms with van der Waals surface area (Å²) in [6.07, 6.45) is 1.56. The topological polar surface area (TPSA) is 44.1 Å². The molecule has 0 atom stereocenters. The van der Waals surface area contributed by atoms with Gasteiger partial charge in [0.2, 0.25) is 0 Å². The molecule has 0 bridgehead atoms. The van der Waals surface area contributed by atoms with Gasteiger partial charge in [-0.2, -0.15) is 5.10 Å². The van der Waals surface area contributed by atoms with Crippen LogP contribution in [0.1, 0.15) is 17.4 Å². The number of nitrogens with zero attached hydrogens (tertiary/aromatic N) is 2. The van der Waals surface area contributed by atoms with Gasteiger partial charge in [-0.1, -0.05) is 24.8 Å². The van der Waals surface area contributed by atoms with E-state index in [-0.39, 0.29) is 0 Å². The summed E-state index contributed by atoms with van der Waals surface area (Å²) >= 11 is 0. The van der Waals surface area contributed by atoms with Crippen LogP contribution in [0.5, 0.6) is 0 Å². The van der Waals surface area contributed by atoms with Gasteiger partial charge in [0.05, 0.1) is 12.1 Å². The van der Waals surface area contributed by atoms with E-state index in [2.05, 4.69) is 11.7 Å². The largest absolute Gasteiger partial charge is 0.461 e. The predicted molar refractivity (Wildman–Crippen MR) is 62.1 cm³/mol. The number of benzene rings is 1. The minimum Gasteiger partial charge on any atom is -0.461 e. The first kappa shape index (κ1) is 10.4. The van der Waals surface area contributed by atoms with Crippen LogP contribution in [0.2, 0.25) is 0 Å². The number of ether oxygens (including phenoxy) is 1. The Morgan fingerprint density at radius 3 is 3.00 bits per heavy atom. The summed E-state index contributed by atoms with van der Waals surface area (Å²) in [4.78, 5) is 11.7. The average molecular weight is 216 g/mol. The summed E-state index contributed by atoms with van der Waals surface area (Å²) in [5.74, 6) is -0.403. The van der Waals surface area contributed by atoms with Gasteiger partial charge >= 0.3 is 5.97 Å². The number of rotatable bonds is 3. The molecule has 1 aromatic carbocycles. The quantitative estimate of drug-likeness (QED) is 0.739. The van der Waals surface area contributed by atoms with E-state index in [0.717, 1.165) is 10.9 Å². The molecule has 0 aliphatic heterocycles. The van der Waals surface area contributed by atoms with Crippen molar-refractivity contribution in [2.24, 2.45) is 0 Å². The molecule has 0 saturated carbocycles. The van der Waals surface area contributed by atoms with Crippen LogP contribution in [0.25, 0.3) is 17.1 Å². The first-order valence-corrected chi connectivity index (χ1v) is 5.05. The highest BCUT2D eigenvalue weighted by Gasteiger charge is 2.16. The molecule has 0 N–H and O–H groups in total. The molecule has 1 aromatic heterocycles. The van der Waals surface area contributed by atoms with Crippen LogP contribution in [-0.2, 0) is 4.74 Å². The Kier molecular flexibility index (Phi) is 2.72. The summed E-state index contributed by atoms with van der Waals surface area (Å²) < 4.78 is 6.52. The Hall–Kier alpha value is -2.10. The van der Waals surface area contributed by atoms with Crippen molar-refractivity contribution in [3.05, 3.63) is 36.5 Å². The van der Waals surface area contributed by atoms with Gasteiger partial charge in [-0.3, -0.25) is 0 Å². The zero-order valence-electron chi connectivity index (χ0n) is 9.01. The van der Waals surface area contributed by atoms with Crippen molar-refractivity contribution in [1.82, 2.24) is 9.78 Å². The lowest BCUT2D eigenvalue weighted by atomic mass is 10.2. The van der Waals surface area contributed by atoms with Gasteiger partial charge in [-0.15, -0.1) is 0 Å². The van der Waals surface area contributed by atoms with Crippen molar-refractivity contribution in [2.75, 3.05) is 6.61 Å². The molecule has 0 saturated heterocycles. The highest BCUT2D eigenvalue weighted by Crippen LogP contribution is 2.19. The van der Waals surface area contributed by atoms with Crippen LogP contribution in [0.4, 0.5) is 0 Å². The van der Waals surface area contributed by atoms with Crippen LogP contribution in [0, 0.1) is 0 Å². The Balaban J connectivity index is 2.61. The summed E-state index contributed by atoms with van der Waals surface area (Å²) in [6.45, 7) is 5.76. The zero-order valence-corrected chi connectivity index (χ0v) is 9.01. The van der Waals surface area contributed by atoms with Crippen LogP contribution >= 0.6 is 0 Å². The minimum atomic E-state index is -0.403. The Morgan fingerprint density at radius 1 is 1.56 bits per heavy atom. The molecule has 2 aromatic rings. The first-order chi connectivity index (χ1) is 7.77. The van der Waals surface area contributed by atoms with Crippen molar-refractivity contribution < 1.29 is 9.53 Å². The number of fused-ring (bicyclic) bond motifs is 1.